The lowest BCUT2D eigenvalue weighted by atomic mass is 9.98. The van der Waals surface area contributed by atoms with Gasteiger partial charge in [0.25, 0.3) is 5.91 Å². The number of benzene rings is 2. The minimum atomic E-state index is -0.0487. The van der Waals surface area contributed by atoms with Gasteiger partial charge in [0.2, 0.25) is 0 Å². The SMILES string of the molecule is COC[C@H]1CCCN1N1C(=O)c2ccccc2[C@H]1c1ccccc1. The van der Waals surface area contributed by atoms with E-state index >= 15 is 0 Å². The Bertz CT molecular complexity index is 731. The van der Waals surface area contributed by atoms with Crippen molar-refractivity contribution < 1.29 is 9.53 Å². The number of carbonyl (C=O) groups is 1. The highest BCUT2D eigenvalue weighted by molar-refractivity contribution is 5.99. The molecule has 24 heavy (non-hydrogen) atoms. The fraction of sp³-hybridized carbons (Fsp3) is 0.350. The summed E-state index contributed by atoms with van der Waals surface area (Å²) in [6.45, 7) is 1.55. The second kappa shape index (κ2) is 6.38. The first-order valence-corrected chi connectivity index (χ1v) is 8.54. The zero-order valence-electron chi connectivity index (χ0n) is 13.9. The summed E-state index contributed by atoms with van der Waals surface area (Å²) in [5.74, 6) is 0.0995. The number of fused-ring (bicyclic) bond motifs is 1. The normalized spacial score (nSPS) is 23.7. The van der Waals surface area contributed by atoms with E-state index in [0.29, 0.717) is 6.61 Å². The number of hydrogen-bond acceptors (Lipinski definition) is 3. The van der Waals surface area contributed by atoms with Gasteiger partial charge in [-0.15, -0.1) is 0 Å². The second-order valence-corrected chi connectivity index (χ2v) is 6.46. The molecular formula is C20H22N2O2. The van der Waals surface area contributed by atoms with Crippen LogP contribution in [0.15, 0.2) is 54.6 Å². The molecule has 4 heteroatoms. The Morgan fingerprint density at radius 1 is 1.08 bits per heavy atom. The minimum absolute atomic E-state index is 0.0487. The molecule has 0 radical (unpaired) electrons. The van der Waals surface area contributed by atoms with E-state index < -0.39 is 0 Å². The minimum Gasteiger partial charge on any atom is -0.383 e. The molecule has 0 spiro atoms. The number of hydrogen-bond donors (Lipinski definition) is 0. The van der Waals surface area contributed by atoms with E-state index in [1.54, 1.807) is 7.11 Å². The summed E-state index contributed by atoms with van der Waals surface area (Å²) >= 11 is 0. The molecule has 2 atom stereocenters. The Labute approximate surface area is 142 Å². The Balaban J connectivity index is 1.79. The van der Waals surface area contributed by atoms with Gasteiger partial charge in [0.1, 0.15) is 0 Å². The van der Waals surface area contributed by atoms with Gasteiger partial charge in [0, 0.05) is 19.2 Å². The van der Waals surface area contributed by atoms with E-state index in [4.69, 9.17) is 4.74 Å². The number of amides is 1. The average Bonchev–Trinajstić information content (AvgIpc) is 3.19. The lowest BCUT2D eigenvalue weighted by Gasteiger charge is -2.37. The first-order valence-electron chi connectivity index (χ1n) is 8.54. The first-order chi connectivity index (χ1) is 11.8. The lowest BCUT2D eigenvalue weighted by molar-refractivity contribution is -0.0466. The number of methoxy groups -OCH3 is 1. The van der Waals surface area contributed by atoms with Crippen LogP contribution in [0.4, 0.5) is 0 Å². The molecular weight excluding hydrogens is 300 g/mol. The van der Waals surface area contributed by atoms with Crippen LogP contribution in [0.25, 0.3) is 0 Å². The van der Waals surface area contributed by atoms with Gasteiger partial charge in [0.05, 0.1) is 18.7 Å². The van der Waals surface area contributed by atoms with E-state index in [0.717, 1.165) is 36.1 Å². The maximum Gasteiger partial charge on any atom is 0.269 e. The third-order valence-corrected chi connectivity index (χ3v) is 5.04. The highest BCUT2D eigenvalue weighted by atomic mass is 16.5. The number of carbonyl (C=O) groups excluding carboxylic acids is 1. The summed E-state index contributed by atoms with van der Waals surface area (Å²) in [4.78, 5) is 13.2. The van der Waals surface area contributed by atoms with Crippen LogP contribution in [0.3, 0.4) is 0 Å². The molecule has 2 aliphatic rings. The predicted molar refractivity (Wildman–Crippen MR) is 92.5 cm³/mol. The van der Waals surface area contributed by atoms with Gasteiger partial charge >= 0.3 is 0 Å². The molecule has 0 aliphatic carbocycles. The van der Waals surface area contributed by atoms with Gasteiger partial charge < -0.3 is 4.74 Å². The lowest BCUT2D eigenvalue weighted by Crippen LogP contribution is -2.49. The maximum absolute atomic E-state index is 13.2. The molecule has 0 bridgehead atoms. The van der Waals surface area contributed by atoms with Gasteiger partial charge in [-0.1, -0.05) is 48.5 Å². The van der Waals surface area contributed by atoms with Crippen molar-refractivity contribution >= 4 is 5.91 Å². The van der Waals surface area contributed by atoms with Gasteiger partial charge in [-0.3, -0.25) is 9.80 Å². The highest BCUT2D eigenvalue weighted by Crippen LogP contribution is 2.41. The Morgan fingerprint density at radius 3 is 2.62 bits per heavy atom. The molecule has 2 aromatic carbocycles. The third kappa shape index (κ3) is 2.43. The molecule has 4 nitrogen and oxygen atoms in total. The van der Waals surface area contributed by atoms with Crippen LogP contribution in [0.1, 0.15) is 40.4 Å². The molecule has 124 valence electrons. The molecule has 1 amide bonds. The molecule has 2 aromatic rings. The van der Waals surface area contributed by atoms with Crippen LogP contribution < -0.4 is 0 Å². The zero-order valence-corrected chi connectivity index (χ0v) is 13.9. The van der Waals surface area contributed by atoms with Crippen molar-refractivity contribution in [3.8, 4) is 0 Å². The highest BCUT2D eigenvalue weighted by Gasteiger charge is 2.44. The van der Waals surface area contributed by atoms with Crippen molar-refractivity contribution in [1.82, 2.24) is 10.0 Å². The zero-order chi connectivity index (χ0) is 16.5. The van der Waals surface area contributed by atoms with Crippen molar-refractivity contribution in [2.45, 2.75) is 24.9 Å². The monoisotopic (exact) mass is 322 g/mol. The Morgan fingerprint density at radius 2 is 1.83 bits per heavy atom. The molecule has 0 saturated carbocycles. The second-order valence-electron chi connectivity index (χ2n) is 6.46. The molecule has 1 saturated heterocycles. The molecule has 0 unspecified atom stereocenters. The van der Waals surface area contributed by atoms with Gasteiger partial charge in [-0.25, -0.2) is 5.01 Å². The summed E-state index contributed by atoms with van der Waals surface area (Å²) in [6.07, 6.45) is 2.16. The fourth-order valence-corrected chi connectivity index (χ4v) is 3.99. The Kier molecular flexibility index (Phi) is 4.08. The summed E-state index contributed by atoms with van der Waals surface area (Å²) in [5, 5.41) is 4.19. The molecule has 4 rings (SSSR count). The molecule has 2 aliphatic heterocycles. The fourth-order valence-electron chi connectivity index (χ4n) is 3.99. The van der Waals surface area contributed by atoms with Crippen LogP contribution in [-0.4, -0.2) is 42.2 Å². The summed E-state index contributed by atoms with van der Waals surface area (Å²) < 4.78 is 5.39. The van der Waals surface area contributed by atoms with Gasteiger partial charge in [-0.2, -0.15) is 0 Å². The van der Waals surface area contributed by atoms with E-state index in [-0.39, 0.29) is 18.0 Å². The van der Waals surface area contributed by atoms with E-state index in [2.05, 4.69) is 23.2 Å². The largest absolute Gasteiger partial charge is 0.383 e. The third-order valence-electron chi connectivity index (χ3n) is 5.04. The number of hydrazine groups is 1. The first kappa shape index (κ1) is 15.4. The van der Waals surface area contributed by atoms with Crippen LogP contribution >= 0.6 is 0 Å². The van der Waals surface area contributed by atoms with Crippen molar-refractivity contribution in [2.75, 3.05) is 20.3 Å². The number of rotatable bonds is 4. The van der Waals surface area contributed by atoms with E-state index in [9.17, 15) is 4.79 Å². The van der Waals surface area contributed by atoms with Crippen LogP contribution in [0, 0.1) is 0 Å². The topological polar surface area (TPSA) is 32.8 Å². The summed E-state index contributed by atoms with van der Waals surface area (Å²) in [5.41, 5.74) is 3.06. The quantitative estimate of drug-likeness (QED) is 0.866. The smallest absolute Gasteiger partial charge is 0.269 e. The van der Waals surface area contributed by atoms with Crippen molar-refractivity contribution in [3.63, 3.8) is 0 Å². The molecule has 0 aromatic heterocycles. The van der Waals surface area contributed by atoms with Crippen LogP contribution in [0.5, 0.6) is 0 Å². The van der Waals surface area contributed by atoms with Gasteiger partial charge in [0.15, 0.2) is 0 Å². The summed E-state index contributed by atoms with van der Waals surface area (Å²) in [7, 11) is 1.73. The maximum atomic E-state index is 13.2. The van der Waals surface area contributed by atoms with Crippen molar-refractivity contribution in [2.24, 2.45) is 0 Å². The van der Waals surface area contributed by atoms with E-state index in [1.807, 2.05) is 41.4 Å². The number of ether oxygens (including phenoxy) is 1. The van der Waals surface area contributed by atoms with Crippen LogP contribution in [0.2, 0.25) is 0 Å². The van der Waals surface area contributed by atoms with Crippen LogP contribution in [-0.2, 0) is 4.74 Å². The Hall–Kier alpha value is -2.17. The van der Waals surface area contributed by atoms with E-state index in [1.165, 1.54) is 0 Å². The summed E-state index contributed by atoms with van der Waals surface area (Å²) in [6, 6.07) is 18.5. The molecule has 1 fully saturated rings. The molecule has 2 heterocycles. The van der Waals surface area contributed by atoms with Crippen molar-refractivity contribution in [3.05, 3.63) is 71.3 Å². The average molecular weight is 322 g/mol. The van der Waals surface area contributed by atoms with Gasteiger partial charge in [-0.05, 0) is 30.0 Å². The predicted octanol–water partition coefficient (Wildman–Crippen LogP) is 3.26. The number of nitrogens with zero attached hydrogens (tertiary/aromatic N) is 2. The van der Waals surface area contributed by atoms with Crippen molar-refractivity contribution in [1.29, 1.82) is 0 Å². The molecule has 0 N–H and O–H groups in total. The standard InChI is InChI=1S/C20H22N2O2/c1-24-14-16-10-7-13-21(16)22-19(15-8-3-2-4-9-15)17-11-5-6-12-18(17)20(22)23/h2-6,8-9,11-12,16,19H,7,10,13-14H2,1H3/t16-,19-/m1/s1.